The Bertz CT molecular complexity index is 514. The molecule has 4 nitrogen and oxygen atoms in total. The van der Waals surface area contributed by atoms with Gasteiger partial charge >= 0.3 is 0 Å². The van der Waals surface area contributed by atoms with Gasteiger partial charge < -0.3 is 0 Å². The standard InChI is InChI=1S/C15H24N2O2S2/c1-17(14-8-4-2-5-9-14)21(18,19)16-12-13-20-15-10-6-3-7-11-15/h3,6-7,10-11,14,16H,2,4-5,8-9,12-13H2,1H3. The van der Waals surface area contributed by atoms with Crippen LogP contribution in [0.4, 0.5) is 0 Å². The first-order valence-electron chi connectivity index (χ1n) is 7.50. The first-order chi connectivity index (χ1) is 10.1. The highest BCUT2D eigenvalue weighted by molar-refractivity contribution is 7.99. The highest BCUT2D eigenvalue weighted by Crippen LogP contribution is 2.23. The smallest absolute Gasteiger partial charge is 0.201 e. The largest absolute Gasteiger partial charge is 0.279 e. The summed E-state index contributed by atoms with van der Waals surface area (Å²) in [5.74, 6) is 0.738. The maximum absolute atomic E-state index is 12.2. The first kappa shape index (κ1) is 16.8. The van der Waals surface area contributed by atoms with Crippen LogP contribution >= 0.6 is 11.8 Å². The highest BCUT2D eigenvalue weighted by Gasteiger charge is 2.26. The van der Waals surface area contributed by atoms with Crippen molar-refractivity contribution in [1.82, 2.24) is 9.03 Å². The van der Waals surface area contributed by atoms with Gasteiger partial charge in [-0.3, -0.25) is 0 Å². The molecule has 1 saturated carbocycles. The van der Waals surface area contributed by atoms with Crippen LogP contribution in [0.1, 0.15) is 32.1 Å². The van der Waals surface area contributed by atoms with Crippen LogP contribution in [-0.4, -0.2) is 38.1 Å². The third kappa shape index (κ3) is 5.29. The molecule has 2 rings (SSSR count). The van der Waals surface area contributed by atoms with Gasteiger partial charge in [-0.1, -0.05) is 37.5 Å². The molecule has 0 atom stereocenters. The van der Waals surface area contributed by atoms with Gasteiger partial charge in [0.15, 0.2) is 0 Å². The van der Waals surface area contributed by atoms with Gasteiger partial charge in [-0.15, -0.1) is 11.8 Å². The Hall–Kier alpha value is -0.560. The predicted octanol–water partition coefficient (Wildman–Crippen LogP) is 2.88. The molecule has 1 fully saturated rings. The molecule has 6 heteroatoms. The Labute approximate surface area is 132 Å². The summed E-state index contributed by atoms with van der Waals surface area (Å²) >= 11 is 1.66. The second kappa shape index (κ2) is 8.17. The number of hydrogen-bond donors (Lipinski definition) is 1. The molecule has 1 aromatic carbocycles. The molecule has 0 spiro atoms. The second-order valence-corrected chi connectivity index (χ2v) is 8.35. The van der Waals surface area contributed by atoms with Crippen molar-refractivity contribution in [3.05, 3.63) is 30.3 Å². The molecule has 1 aliphatic rings. The summed E-state index contributed by atoms with van der Waals surface area (Å²) in [4.78, 5) is 1.16. The lowest BCUT2D eigenvalue weighted by Crippen LogP contribution is -2.45. The lowest BCUT2D eigenvalue weighted by molar-refractivity contribution is 0.283. The van der Waals surface area contributed by atoms with Gasteiger partial charge in [0.1, 0.15) is 0 Å². The van der Waals surface area contributed by atoms with E-state index in [1.54, 1.807) is 18.8 Å². The summed E-state index contributed by atoms with van der Waals surface area (Å²) in [7, 11) is -1.65. The van der Waals surface area contributed by atoms with Gasteiger partial charge in [0.25, 0.3) is 10.2 Å². The fraction of sp³-hybridized carbons (Fsp3) is 0.600. The molecular weight excluding hydrogens is 304 g/mol. The Morgan fingerprint density at radius 2 is 1.86 bits per heavy atom. The van der Waals surface area contributed by atoms with E-state index < -0.39 is 10.2 Å². The zero-order valence-corrected chi connectivity index (χ0v) is 14.1. The molecule has 1 aromatic rings. The summed E-state index contributed by atoms with van der Waals surface area (Å²) in [6.45, 7) is 0.457. The van der Waals surface area contributed by atoms with Crippen LogP contribution in [0.2, 0.25) is 0 Å². The summed E-state index contributed by atoms with van der Waals surface area (Å²) in [5, 5.41) is 0. The normalized spacial score (nSPS) is 17.2. The summed E-state index contributed by atoms with van der Waals surface area (Å²) in [5.41, 5.74) is 0. The van der Waals surface area contributed by atoms with E-state index in [4.69, 9.17) is 0 Å². The van der Waals surface area contributed by atoms with Gasteiger partial charge in [0.05, 0.1) is 0 Å². The van der Waals surface area contributed by atoms with Crippen LogP contribution in [0, 0.1) is 0 Å². The number of benzene rings is 1. The van der Waals surface area contributed by atoms with E-state index in [1.807, 2.05) is 30.3 Å². The molecule has 0 heterocycles. The number of nitrogens with zero attached hydrogens (tertiary/aromatic N) is 1. The lowest BCUT2D eigenvalue weighted by atomic mass is 9.96. The highest BCUT2D eigenvalue weighted by atomic mass is 32.2. The van der Waals surface area contributed by atoms with Crippen LogP contribution in [0.15, 0.2) is 35.2 Å². The molecule has 21 heavy (non-hydrogen) atoms. The van der Waals surface area contributed by atoms with E-state index in [0.717, 1.165) is 36.3 Å². The van der Waals surface area contributed by atoms with E-state index >= 15 is 0 Å². The summed E-state index contributed by atoms with van der Waals surface area (Å²) in [6.07, 6.45) is 5.46. The van der Waals surface area contributed by atoms with Crippen LogP contribution in [0.25, 0.3) is 0 Å². The third-order valence-corrected chi connectivity index (χ3v) is 6.51. The van der Waals surface area contributed by atoms with Crippen LogP contribution in [-0.2, 0) is 10.2 Å². The van der Waals surface area contributed by atoms with E-state index in [1.165, 1.54) is 10.7 Å². The van der Waals surface area contributed by atoms with Crippen molar-refractivity contribution in [2.75, 3.05) is 19.3 Å². The molecule has 0 aromatic heterocycles. The van der Waals surface area contributed by atoms with Crippen molar-refractivity contribution >= 4 is 22.0 Å². The average Bonchev–Trinajstić information content (AvgIpc) is 2.53. The second-order valence-electron chi connectivity index (χ2n) is 5.37. The molecule has 1 N–H and O–H groups in total. The number of thioether (sulfide) groups is 1. The minimum absolute atomic E-state index is 0.165. The zero-order valence-electron chi connectivity index (χ0n) is 12.5. The SMILES string of the molecule is CN(C1CCCCC1)S(=O)(=O)NCCSc1ccccc1. The van der Waals surface area contributed by atoms with Crippen molar-refractivity contribution in [1.29, 1.82) is 0 Å². The number of hydrogen-bond acceptors (Lipinski definition) is 3. The maximum atomic E-state index is 12.2. The lowest BCUT2D eigenvalue weighted by Gasteiger charge is -2.30. The molecule has 1 aliphatic carbocycles. The molecule has 0 bridgehead atoms. The molecule has 0 radical (unpaired) electrons. The number of rotatable bonds is 7. The Balaban J connectivity index is 1.75. The maximum Gasteiger partial charge on any atom is 0.279 e. The van der Waals surface area contributed by atoms with Crippen LogP contribution in [0.3, 0.4) is 0 Å². The Morgan fingerprint density at radius 3 is 2.52 bits per heavy atom. The van der Waals surface area contributed by atoms with E-state index in [0.29, 0.717) is 6.54 Å². The minimum atomic E-state index is -3.34. The van der Waals surface area contributed by atoms with E-state index in [2.05, 4.69) is 4.72 Å². The summed E-state index contributed by atoms with van der Waals surface area (Å²) < 4.78 is 28.7. The molecule has 0 aliphatic heterocycles. The average molecular weight is 329 g/mol. The van der Waals surface area contributed by atoms with Crippen molar-refractivity contribution in [2.24, 2.45) is 0 Å². The van der Waals surface area contributed by atoms with Gasteiger partial charge in [-0.05, 0) is 25.0 Å². The third-order valence-electron chi connectivity index (χ3n) is 3.87. The van der Waals surface area contributed by atoms with Gasteiger partial charge in [0.2, 0.25) is 0 Å². The first-order valence-corrected chi connectivity index (χ1v) is 9.92. The Morgan fingerprint density at radius 1 is 1.19 bits per heavy atom. The van der Waals surface area contributed by atoms with Gasteiger partial charge in [-0.25, -0.2) is 4.72 Å². The van der Waals surface area contributed by atoms with Crippen molar-refractivity contribution in [2.45, 2.75) is 43.0 Å². The van der Waals surface area contributed by atoms with Crippen LogP contribution < -0.4 is 4.72 Å². The number of nitrogens with one attached hydrogen (secondary N) is 1. The van der Waals surface area contributed by atoms with E-state index in [-0.39, 0.29) is 6.04 Å². The predicted molar refractivity (Wildman–Crippen MR) is 88.7 cm³/mol. The van der Waals surface area contributed by atoms with Crippen molar-refractivity contribution in [3.63, 3.8) is 0 Å². The molecule has 0 amide bonds. The zero-order chi connectivity index (χ0) is 15.1. The molecular formula is C15H24N2O2S2. The van der Waals surface area contributed by atoms with Crippen LogP contribution in [0.5, 0.6) is 0 Å². The molecule has 0 unspecified atom stereocenters. The van der Waals surface area contributed by atoms with Crippen molar-refractivity contribution < 1.29 is 8.42 Å². The fourth-order valence-electron chi connectivity index (χ4n) is 2.60. The molecule has 118 valence electrons. The molecule has 0 saturated heterocycles. The van der Waals surface area contributed by atoms with E-state index in [9.17, 15) is 8.42 Å². The monoisotopic (exact) mass is 328 g/mol. The topological polar surface area (TPSA) is 49.4 Å². The Kier molecular flexibility index (Phi) is 6.54. The minimum Gasteiger partial charge on any atom is -0.201 e. The fourth-order valence-corrected chi connectivity index (χ4v) is 4.68. The van der Waals surface area contributed by atoms with Crippen molar-refractivity contribution in [3.8, 4) is 0 Å². The van der Waals surface area contributed by atoms with Gasteiger partial charge in [0, 0.05) is 30.3 Å². The quantitative estimate of drug-likeness (QED) is 0.618. The summed E-state index contributed by atoms with van der Waals surface area (Å²) in [6, 6.07) is 10.2. The van der Waals surface area contributed by atoms with Gasteiger partial charge in [-0.2, -0.15) is 12.7 Å².